The lowest BCUT2D eigenvalue weighted by Crippen LogP contribution is -2.53. The highest BCUT2D eigenvalue weighted by Crippen LogP contribution is 2.32. The number of nitriles is 1. The number of nitrogens with two attached hydrogens (primary N) is 6. The standard InChI is InChI=1S/C9H18N2O2.C8H15NO2.2C8H17NO2.2C7H14N2O.C7H16N2O.C6H11F3N2O.3C6H14N2O.C6H15NO.C5H12N2O.C5H10N2.C5H11NO2/c1-8(2)10-9(12)7-11-3-5-13-6-4-11;1-6(2)9-7(10)8(3)4-11-5-8;2*1-5(2)7(10)8(11)9-6(3)4;1-5(2)9-6(10)7(8)3-4-7;1-5(2)9-4-3-6(8)7(9)10;1-6(2)8-7(10)5-9(3)4;1-3(2)11-5(12)4(10)6(7,8)9;1-5(2)8-6(9)4-7-3;2*1-4(2)8-6(9)5(3)7;1-6(2)7-4-5-8-3;1-4(2)7-5(8)3-6;1-5(2)7-4-3-6;1-4(2)6-5(8)3-7/h8H,3-7H2,1-2H3,(H,10,12);6H,4-5H2,1-3H3,(H,9,10);2*5-7,10H,1-4H3,(H,9,11);5H,3-4,8H2,1-2H3,(H,9,10);5-6H,3-4,8H2,1-2H3;6H,5H2,1-4H3,(H,8,10);3-4H,10H2,1-2H3,(H,11,12);5,7H,4H2,1-3H3,(H,8,9);2*4-5H,7H2,1-3H3,(H,8,9);6-7H,4-5H2,1-3H3;4H,3,6H2,1-2H3,(H,7,8);5,7H,4H2,1-2H3;4,7H,3H2,1-2H3,(H,6,8)/t;;2*7-;;6-;;4-;;2*5-;;;;/m..10.1.1.10..../s1. The van der Waals surface area contributed by atoms with Crippen LogP contribution in [0.3, 0.4) is 0 Å². The number of hydrogen-bond acceptors (Lipinski definition) is 31. The van der Waals surface area contributed by atoms with Crippen LogP contribution in [0.15, 0.2) is 0 Å². The summed E-state index contributed by atoms with van der Waals surface area (Å²) >= 11 is 0. The van der Waals surface area contributed by atoms with Gasteiger partial charge in [-0.3, -0.25) is 67.2 Å². The van der Waals surface area contributed by atoms with Gasteiger partial charge < -0.3 is 153 Å². The van der Waals surface area contributed by atoms with Crippen LogP contribution in [0.5, 0.6) is 0 Å². The van der Waals surface area contributed by atoms with Gasteiger partial charge in [-0.05, 0) is 267 Å². The van der Waals surface area contributed by atoms with E-state index in [9.17, 15) is 85.7 Å². The van der Waals surface area contributed by atoms with Gasteiger partial charge in [0.1, 0.15) is 18.8 Å². The topological polar surface area (TPSA) is 680 Å². The maximum Gasteiger partial charge on any atom is 0.412 e. The van der Waals surface area contributed by atoms with Crippen LogP contribution in [0.2, 0.25) is 0 Å². The van der Waals surface area contributed by atoms with Gasteiger partial charge in [0, 0.05) is 124 Å². The summed E-state index contributed by atoms with van der Waals surface area (Å²) in [4.78, 5) is 147. The first-order chi connectivity index (χ1) is 66.7. The number of aliphatic hydroxyl groups excluding tert-OH is 3. The van der Waals surface area contributed by atoms with E-state index in [0.717, 1.165) is 65.3 Å². The fourth-order valence-corrected chi connectivity index (χ4v) is 9.65. The molecule has 4 fully saturated rings. The van der Waals surface area contributed by atoms with E-state index < -0.39 is 54.6 Å². The zero-order chi connectivity index (χ0) is 117. The number of aliphatic hydroxyl groups is 3. The molecule has 146 heavy (non-hydrogen) atoms. The molecule has 0 aromatic carbocycles. The van der Waals surface area contributed by atoms with Crippen LogP contribution in [0.1, 0.15) is 275 Å². The molecule has 0 aromatic heterocycles. The van der Waals surface area contributed by atoms with E-state index in [1.807, 2.05) is 245 Å². The van der Waals surface area contributed by atoms with E-state index in [1.54, 1.807) is 41.9 Å². The highest BCUT2D eigenvalue weighted by molar-refractivity contribution is 5.89. The molecule has 0 spiro atoms. The van der Waals surface area contributed by atoms with Crippen LogP contribution in [0.25, 0.3) is 0 Å². The number of amides is 13. The molecule has 47 heteroatoms. The van der Waals surface area contributed by atoms with Gasteiger partial charge in [-0.1, -0.05) is 41.5 Å². The Balaban J connectivity index is -0.000000149. The van der Waals surface area contributed by atoms with Crippen molar-refractivity contribution in [1.82, 2.24) is 94.5 Å². The zero-order valence-corrected chi connectivity index (χ0v) is 97.3. The quantitative estimate of drug-likeness (QED) is 0.0312. The van der Waals surface area contributed by atoms with Crippen molar-refractivity contribution in [2.24, 2.45) is 51.7 Å². The van der Waals surface area contributed by atoms with Crippen LogP contribution in [0.4, 0.5) is 13.2 Å². The summed E-state index contributed by atoms with van der Waals surface area (Å²) in [6.07, 6.45) is -3.93. The molecule has 1 aliphatic carbocycles. The minimum Gasteiger partial charge on any atom is -0.387 e. The van der Waals surface area contributed by atoms with Crippen molar-refractivity contribution >= 4 is 76.8 Å². The third-order valence-corrected chi connectivity index (χ3v) is 17.1. The smallest absolute Gasteiger partial charge is 0.387 e. The molecule has 3 aliphatic heterocycles. The van der Waals surface area contributed by atoms with Gasteiger partial charge in [0.25, 0.3) is 0 Å². The predicted octanol–water partition coefficient (Wildman–Crippen LogP) is 1.43. The van der Waals surface area contributed by atoms with Crippen LogP contribution >= 0.6 is 0 Å². The van der Waals surface area contributed by atoms with Crippen LogP contribution in [-0.2, 0) is 76.5 Å². The van der Waals surface area contributed by atoms with E-state index >= 15 is 0 Å². The van der Waals surface area contributed by atoms with Crippen molar-refractivity contribution in [2.75, 3.05) is 127 Å². The average Bonchev–Trinajstić information content (AvgIpc) is 1.60. The fraction of sp³-hybridized carbons (Fsp3) is 0.859. The maximum atomic E-state index is 11.8. The van der Waals surface area contributed by atoms with E-state index in [-0.39, 0.29) is 173 Å². The number of likely N-dealkylation sites (tertiary alicyclic amines) is 1. The molecule has 1 saturated carbocycles. The molecule has 13 amide bonds. The Hall–Kier alpha value is -8.29. The second-order valence-electron chi connectivity index (χ2n) is 40.7. The Morgan fingerprint density at radius 2 is 0.822 bits per heavy atom. The number of morpholine rings is 1. The lowest BCUT2D eigenvalue weighted by atomic mass is 9.87. The number of methoxy groups -OCH3 is 1. The Labute approximate surface area is 876 Å². The molecule has 868 valence electrons. The number of nitrogens with one attached hydrogen (secondary N) is 15. The summed E-state index contributed by atoms with van der Waals surface area (Å²) in [7, 11) is 7.21. The molecule has 0 radical (unpaired) electrons. The van der Waals surface area contributed by atoms with Crippen molar-refractivity contribution in [3.8, 4) is 6.07 Å². The van der Waals surface area contributed by atoms with Crippen molar-refractivity contribution in [3.05, 3.63) is 0 Å². The number of carbonyl (C=O) groups is 13. The van der Waals surface area contributed by atoms with Crippen LogP contribution in [0, 0.1) is 28.6 Å². The maximum absolute atomic E-state index is 11.8. The van der Waals surface area contributed by atoms with E-state index in [4.69, 9.17) is 53.2 Å². The van der Waals surface area contributed by atoms with Crippen molar-refractivity contribution < 1.29 is 105 Å². The fourth-order valence-electron chi connectivity index (χ4n) is 9.65. The highest BCUT2D eigenvalue weighted by Gasteiger charge is 2.46. The van der Waals surface area contributed by atoms with Gasteiger partial charge in [0.05, 0.1) is 101 Å². The number of likely N-dealkylation sites (N-methyl/N-ethyl adjacent to an activating group) is 2. The molecule has 6 atom stereocenters. The average molecular weight is 2110 g/mol. The van der Waals surface area contributed by atoms with Gasteiger partial charge in [-0.2, -0.15) is 18.4 Å². The molecule has 0 bridgehead atoms. The summed E-state index contributed by atoms with van der Waals surface area (Å²) < 4.78 is 50.3. The summed E-state index contributed by atoms with van der Waals surface area (Å²) in [5, 5.41) is 75.4. The lowest BCUT2D eigenvalue weighted by Gasteiger charge is -2.36. The molecule has 30 N–H and O–H groups in total. The van der Waals surface area contributed by atoms with Gasteiger partial charge in [0.15, 0.2) is 6.04 Å². The largest absolute Gasteiger partial charge is 0.412 e. The number of halogens is 3. The van der Waals surface area contributed by atoms with E-state index in [2.05, 4.69) is 104 Å². The Morgan fingerprint density at radius 1 is 0.486 bits per heavy atom. The number of nitrogens with zero attached hydrogens (tertiary/aromatic N) is 4. The van der Waals surface area contributed by atoms with Crippen molar-refractivity contribution in [2.45, 2.75) is 414 Å². The number of alkyl halides is 3. The van der Waals surface area contributed by atoms with Crippen LogP contribution in [-0.4, -0.2) is 372 Å². The number of rotatable bonds is 36. The Bertz CT molecular complexity index is 3320. The van der Waals surface area contributed by atoms with Gasteiger partial charge >= 0.3 is 6.18 Å². The molecule has 3 heterocycles. The molecule has 0 unspecified atom stereocenters. The molecule has 4 aliphatic rings. The Kier molecular flexibility index (Phi) is 103. The zero-order valence-electron chi connectivity index (χ0n) is 97.3. The Morgan fingerprint density at radius 3 is 1.05 bits per heavy atom. The third-order valence-electron chi connectivity index (χ3n) is 17.1. The van der Waals surface area contributed by atoms with Gasteiger partial charge in [0.2, 0.25) is 76.8 Å². The predicted molar refractivity (Wildman–Crippen MR) is 577 cm³/mol. The normalized spacial score (nSPS) is 14.8. The summed E-state index contributed by atoms with van der Waals surface area (Å²) in [6.45, 7) is 78.4. The number of carbonyl (C=O) groups excluding carboxylic acids is 13. The highest BCUT2D eigenvalue weighted by atomic mass is 19.4. The first-order valence-electron chi connectivity index (χ1n) is 50.6. The summed E-state index contributed by atoms with van der Waals surface area (Å²) in [5.41, 5.74) is 30.5. The van der Waals surface area contributed by atoms with Gasteiger partial charge in [-0.25, -0.2) is 0 Å². The first kappa shape index (κ1) is 160. The minimum absolute atomic E-state index is 0.00231. The molecular formula is C99H212F3N25O19. The monoisotopic (exact) mass is 2110 g/mol. The molecule has 3 saturated heterocycles. The van der Waals surface area contributed by atoms with Crippen molar-refractivity contribution in [1.29, 1.82) is 5.26 Å². The van der Waals surface area contributed by atoms with E-state index in [0.29, 0.717) is 57.5 Å². The van der Waals surface area contributed by atoms with E-state index in [1.165, 1.54) is 0 Å². The number of ether oxygens (including phenoxy) is 3. The molecule has 4 rings (SSSR count). The summed E-state index contributed by atoms with van der Waals surface area (Å²) in [5.74, 6) is -1.94. The van der Waals surface area contributed by atoms with Crippen LogP contribution < -0.4 is 114 Å². The lowest BCUT2D eigenvalue weighted by molar-refractivity contribution is -0.163. The molecule has 0 aromatic rings. The second kappa shape index (κ2) is 93.9. The third kappa shape index (κ3) is 113. The summed E-state index contributed by atoms with van der Waals surface area (Å²) in [6, 6.07) is 1.51. The second-order valence-corrected chi connectivity index (χ2v) is 40.7. The van der Waals surface area contributed by atoms with Crippen molar-refractivity contribution in [3.63, 3.8) is 0 Å². The molecular weight excluding hydrogens is 1900 g/mol. The first-order valence-corrected chi connectivity index (χ1v) is 50.6. The number of hydrogen-bond donors (Lipinski definition) is 24. The minimum atomic E-state index is -4.67. The SMILES string of the molecule is CC(C)N1CC[C@@H](N)C1=O.CC(C)NC(=O)C1(C)COC1.CC(C)NC(=O)C1(N)CC1.CC(C)NC(=O)CN.CC(C)NC(=O)CN(C)C.CC(C)NC(=O)CN1CCOCC1.CC(C)NC(=O)CO.CC(C)NC(=O)[C@@H](C)N.CC(C)NC(=O)[C@@H](N)C(F)(F)F.CC(C)NC(=O)[C@@H](O)C(C)C.CC(C)NC(=O)[C@H](C)N.CC(C)NC(=O)[C@H](O)C(C)C.CC(C)NCC#N.CNCC(=O)NC(C)C.COCCNC(C)C. The molecule has 44 nitrogen and oxygen atoms in total. The van der Waals surface area contributed by atoms with Gasteiger partial charge in [-0.15, -0.1) is 0 Å².